The summed E-state index contributed by atoms with van der Waals surface area (Å²) in [6, 6.07) is 0. The third-order valence-corrected chi connectivity index (χ3v) is 3.24. The van der Waals surface area contributed by atoms with Crippen LogP contribution in [0.1, 0.15) is 46.5 Å². The molecular formula is C16H38N2+2. The van der Waals surface area contributed by atoms with Gasteiger partial charge >= 0.3 is 0 Å². The molecule has 0 spiro atoms. The maximum absolute atomic E-state index is 2.37. The van der Waals surface area contributed by atoms with Crippen molar-refractivity contribution < 1.29 is 8.97 Å². The zero-order chi connectivity index (χ0) is 14.4. The minimum atomic E-state index is 0.438. The molecule has 0 aromatic carbocycles. The molecule has 0 unspecified atom stereocenters. The smallest absolute Gasteiger partial charge is 0.0831 e. The van der Waals surface area contributed by atoms with Crippen molar-refractivity contribution in [3.05, 3.63) is 0 Å². The van der Waals surface area contributed by atoms with Gasteiger partial charge in [-0.15, -0.1) is 0 Å². The highest BCUT2D eigenvalue weighted by atomic mass is 15.3. The summed E-state index contributed by atoms with van der Waals surface area (Å²) in [5.74, 6) is 0. The average Bonchev–Trinajstić information content (AvgIpc) is 2.04. The molecule has 0 aromatic heterocycles. The molecule has 2 nitrogen and oxygen atoms in total. The molecule has 0 aliphatic carbocycles. The van der Waals surface area contributed by atoms with Crippen LogP contribution in [-0.2, 0) is 0 Å². The Morgan fingerprint density at radius 2 is 1.11 bits per heavy atom. The lowest BCUT2D eigenvalue weighted by atomic mass is 9.95. The topological polar surface area (TPSA) is 0 Å². The van der Waals surface area contributed by atoms with Crippen LogP contribution >= 0.6 is 0 Å². The third-order valence-electron chi connectivity index (χ3n) is 3.24. The summed E-state index contributed by atoms with van der Waals surface area (Å²) < 4.78 is 2.27. The van der Waals surface area contributed by atoms with Gasteiger partial charge in [0, 0.05) is 5.41 Å². The average molecular weight is 258 g/mol. The van der Waals surface area contributed by atoms with Gasteiger partial charge in [-0.25, -0.2) is 0 Å². The molecular weight excluding hydrogens is 220 g/mol. The fourth-order valence-corrected chi connectivity index (χ4v) is 2.84. The number of unbranched alkanes of at least 4 members (excludes halogenated alkanes) is 3. The second kappa shape index (κ2) is 6.91. The van der Waals surface area contributed by atoms with E-state index < -0.39 is 0 Å². The van der Waals surface area contributed by atoms with E-state index in [-0.39, 0.29) is 0 Å². The van der Waals surface area contributed by atoms with Crippen molar-refractivity contribution in [2.24, 2.45) is 5.41 Å². The Kier molecular flexibility index (Phi) is 6.87. The SMILES string of the molecule is CC(C)(C)C[N+](C)(C)CCCCCC[N+](C)(C)C. The molecule has 0 aliphatic heterocycles. The predicted octanol–water partition coefficient (Wildman–Crippen LogP) is 3.38. The molecule has 0 bridgehead atoms. The number of hydrogen-bond donors (Lipinski definition) is 0. The monoisotopic (exact) mass is 258 g/mol. The number of rotatable bonds is 8. The summed E-state index contributed by atoms with van der Waals surface area (Å²) in [6.07, 6.45) is 5.54. The normalized spacial score (nSPS) is 14.0. The second-order valence-corrected chi connectivity index (χ2v) is 8.81. The molecule has 0 saturated heterocycles. The van der Waals surface area contributed by atoms with E-state index in [4.69, 9.17) is 0 Å². The summed E-state index contributed by atoms with van der Waals surface area (Å²) in [4.78, 5) is 0. The highest BCUT2D eigenvalue weighted by molar-refractivity contribution is 4.59. The van der Waals surface area contributed by atoms with Crippen LogP contribution in [0.2, 0.25) is 0 Å². The van der Waals surface area contributed by atoms with Gasteiger partial charge < -0.3 is 8.97 Å². The van der Waals surface area contributed by atoms with Gasteiger partial charge in [0.1, 0.15) is 0 Å². The summed E-state index contributed by atoms with van der Waals surface area (Å²) in [5.41, 5.74) is 0.438. The summed E-state index contributed by atoms with van der Waals surface area (Å²) in [6.45, 7) is 10.9. The third kappa shape index (κ3) is 12.4. The lowest BCUT2D eigenvalue weighted by Crippen LogP contribution is -2.46. The van der Waals surface area contributed by atoms with Crippen molar-refractivity contribution >= 4 is 0 Å². The molecule has 110 valence electrons. The van der Waals surface area contributed by atoms with Gasteiger partial charge in [0.05, 0.1) is 54.9 Å². The van der Waals surface area contributed by atoms with E-state index in [9.17, 15) is 0 Å². The van der Waals surface area contributed by atoms with Crippen LogP contribution in [0.15, 0.2) is 0 Å². The van der Waals surface area contributed by atoms with E-state index in [1.165, 1.54) is 49.8 Å². The molecule has 0 aromatic rings. The number of nitrogens with zero attached hydrogens (tertiary/aromatic N) is 2. The van der Waals surface area contributed by atoms with Crippen LogP contribution in [-0.4, -0.2) is 63.8 Å². The van der Waals surface area contributed by atoms with Crippen LogP contribution in [0, 0.1) is 5.41 Å². The Balaban J connectivity index is 3.66. The first-order chi connectivity index (χ1) is 7.91. The molecule has 0 radical (unpaired) electrons. The Morgan fingerprint density at radius 3 is 1.50 bits per heavy atom. The Morgan fingerprint density at radius 1 is 0.667 bits per heavy atom. The van der Waals surface area contributed by atoms with Gasteiger partial charge in [0.25, 0.3) is 0 Å². The molecule has 2 heteroatoms. The molecule has 0 aliphatic rings. The van der Waals surface area contributed by atoms with E-state index in [1.54, 1.807) is 0 Å². The van der Waals surface area contributed by atoms with E-state index in [1.807, 2.05) is 0 Å². The van der Waals surface area contributed by atoms with Crippen molar-refractivity contribution in [2.45, 2.75) is 46.5 Å². The molecule has 0 saturated carbocycles. The highest BCUT2D eigenvalue weighted by Crippen LogP contribution is 2.19. The largest absolute Gasteiger partial charge is 0.331 e. The quantitative estimate of drug-likeness (QED) is 0.462. The zero-order valence-corrected chi connectivity index (χ0v) is 14.3. The summed E-state index contributed by atoms with van der Waals surface area (Å²) in [7, 11) is 11.6. The van der Waals surface area contributed by atoms with Gasteiger partial charge in [-0.1, -0.05) is 20.8 Å². The fraction of sp³-hybridized carbons (Fsp3) is 1.00. The maximum atomic E-state index is 2.37. The summed E-state index contributed by atoms with van der Waals surface area (Å²) in [5, 5.41) is 0. The van der Waals surface area contributed by atoms with Gasteiger partial charge in [0.15, 0.2) is 0 Å². The van der Waals surface area contributed by atoms with Crippen molar-refractivity contribution in [3.8, 4) is 0 Å². The predicted molar refractivity (Wildman–Crippen MR) is 82.7 cm³/mol. The molecule has 18 heavy (non-hydrogen) atoms. The van der Waals surface area contributed by atoms with Crippen molar-refractivity contribution in [3.63, 3.8) is 0 Å². The molecule has 0 amide bonds. The molecule has 0 fully saturated rings. The Labute approximate surface area is 116 Å². The molecule has 0 rings (SSSR count). The van der Waals surface area contributed by atoms with Crippen LogP contribution in [0.4, 0.5) is 0 Å². The first-order valence-electron chi connectivity index (χ1n) is 7.54. The van der Waals surface area contributed by atoms with Crippen molar-refractivity contribution in [2.75, 3.05) is 54.9 Å². The lowest BCUT2D eigenvalue weighted by molar-refractivity contribution is -0.896. The number of hydrogen-bond acceptors (Lipinski definition) is 0. The van der Waals surface area contributed by atoms with E-state index in [0.717, 1.165) is 4.48 Å². The van der Waals surface area contributed by atoms with Crippen LogP contribution < -0.4 is 0 Å². The van der Waals surface area contributed by atoms with Crippen LogP contribution in [0.5, 0.6) is 0 Å². The maximum Gasteiger partial charge on any atom is 0.0831 e. The van der Waals surface area contributed by atoms with Gasteiger partial charge in [-0.05, 0) is 25.7 Å². The van der Waals surface area contributed by atoms with Crippen molar-refractivity contribution in [1.82, 2.24) is 0 Å². The lowest BCUT2D eigenvalue weighted by Gasteiger charge is -2.35. The molecule has 0 atom stereocenters. The Bertz CT molecular complexity index is 218. The first-order valence-corrected chi connectivity index (χ1v) is 7.54. The summed E-state index contributed by atoms with van der Waals surface area (Å²) >= 11 is 0. The molecule has 0 heterocycles. The highest BCUT2D eigenvalue weighted by Gasteiger charge is 2.23. The number of quaternary nitrogens is 2. The zero-order valence-electron chi connectivity index (χ0n) is 14.3. The van der Waals surface area contributed by atoms with E-state index in [2.05, 4.69) is 56.0 Å². The van der Waals surface area contributed by atoms with Crippen molar-refractivity contribution in [1.29, 1.82) is 0 Å². The van der Waals surface area contributed by atoms with Gasteiger partial charge in [-0.2, -0.15) is 0 Å². The van der Waals surface area contributed by atoms with Crippen LogP contribution in [0.3, 0.4) is 0 Å². The van der Waals surface area contributed by atoms with Gasteiger partial charge in [-0.3, -0.25) is 0 Å². The first kappa shape index (κ1) is 17.9. The minimum absolute atomic E-state index is 0.438. The standard InChI is InChI=1S/C16H38N2/c1-16(2,3)15-18(7,8)14-12-10-9-11-13-17(4,5)6/h9-15H2,1-8H3/q+2. The minimum Gasteiger partial charge on any atom is -0.331 e. The van der Waals surface area contributed by atoms with Gasteiger partial charge in [0.2, 0.25) is 0 Å². The second-order valence-electron chi connectivity index (χ2n) is 8.81. The Hall–Kier alpha value is -0.0800. The fourth-order valence-electron chi connectivity index (χ4n) is 2.84. The van der Waals surface area contributed by atoms with Crippen LogP contribution in [0.25, 0.3) is 0 Å². The molecule has 0 N–H and O–H groups in total. The van der Waals surface area contributed by atoms with E-state index in [0.29, 0.717) is 5.41 Å². The van der Waals surface area contributed by atoms with E-state index >= 15 is 0 Å².